The maximum atomic E-state index is 12.2. The van der Waals surface area contributed by atoms with E-state index in [1.807, 2.05) is 30.3 Å². The standard InChI is InChI=1S/C17H23N3O2/c18-15-8-4-5-12(15)9-16(21)19-13-10-17(22)20(11-13)14-6-2-1-3-7-14/h1-3,6-7,12-13,15H,4-5,8-11,18H2,(H,19,21)/t12-,13?,15+/m0/s1. The molecule has 1 saturated carbocycles. The van der Waals surface area contributed by atoms with Crippen LogP contribution in [0.1, 0.15) is 32.1 Å². The Labute approximate surface area is 130 Å². The van der Waals surface area contributed by atoms with Crippen LogP contribution in [0.4, 0.5) is 5.69 Å². The van der Waals surface area contributed by atoms with Gasteiger partial charge in [0.2, 0.25) is 11.8 Å². The maximum absolute atomic E-state index is 12.2. The smallest absolute Gasteiger partial charge is 0.229 e. The number of carbonyl (C=O) groups is 2. The van der Waals surface area contributed by atoms with E-state index in [2.05, 4.69) is 5.32 Å². The molecule has 5 heteroatoms. The van der Waals surface area contributed by atoms with Crippen LogP contribution in [0.25, 0.3) is 0 Å². The number of amides is 2. The van der Waals surface area contributed by atoms with Crippen molar-refractivity contribution in [3.63, 3.8) is 0 Å². The van der Waals surface area contributed by atoms with Crippen molar-refractivity contribution in [3.05, 3.63) is 30.3 Å². The van der Waals surface area contributed by atoms with Gasteiger partial charge in [-0.05, 0) is 30.9 Å². The molecule has 3 rings (SSSR count). The second-order valence-corrected chi connectivity index (χ2v) is 6.37. The van der Waals surface area contributed by atoms with Crippen molar-refractivity contribution >= 4 is 17.5 Å². The first-order valence-electron chi connectivity index (χ1n) is 8.04. The Morgan fingerprint density at radius 1 is 1.27 bits per heavy atom. The van der Waals surface area contributed by atoms with Gasteiger partial charge in [-0.2, -0.15) is 0 Å². The minimum Gasteiger partial charge on any atom is -0.351 e. The Bertz CT molecular complexity index is 546. The van der Waals surface area contributed by atoms with E-state index >= 15 is 0 Å². The normalized spacial score (nSPS) is 28.1. The second kappa shape index (κ2) is 6.48. The van der Waals surface area contributed by atoms with Gasteiger partial charge in [0.25, 0.3) is 0 Å². The van der Waals surface area contributed by atoms with E-state index in [-0.39, 0.29) is 23.9 Å². The monoisotopic (exact) mass is 301 g/mol. The SMILES string of the molecule is N[C@@H]1CCC[C@H]1CC(=O)NC1CC(=O)N(c2ccccc2)C1. The molecule has 1 unspecified atom stereocenters. The number of nitrogens with zero attached hydrogens (tertiary/aromatic N) is 1. The maximum Gasteiger partial charge on any atom is 0.229 e. The molecule has 22 heavy (non-hydrogen) atoms. The number of para-hydroxylation sites is 1. The van der Waals surface area contributed by atoms with Crippen LogP contribution < -0.4 is 16.0 Å². The average molecular weight is 301 g/mol. The third-order valence-corrected chi connectivity index (χ3v) is 4.72. The van der Waals surface area contributed by atoms with Crippen molar-refractivity contribution in [2.24, 2.45) is 11.7 Å². The summed E-state index contributed by atoms with van der Waals surface area (Å²) in [6.45, 7) is 0.547. The summed E-state index contributed by atoms with van der Waals surface area (Å²) in [4.78, 5) is 26.0. The molecule has 2 fully saturated rings. The largest absolute Gasteiger partial charge is 0.351 e. The van der Waals surface area contributed by atoms with Crippen LogP contribution in [0, 0.1) is 5.92 Å². The van der Waals surface area contributed by atoms with Crippen molar-refractivity contribution in [1.82, 2.24) is 5.32 Å². The van der Waals surface area contributed by atoms with Crippen LogP contribution in [0.2, 0.25) is 0 Å². The fourth-order valence-corrected chi connectivity index (χ4v) is 3.51. The Balaban J connectivity index is 1.54. The second-order valence-electron chi connectivity index (χ2n) is 6.37. The Kier molecular flexibility index (Phi) is 4.43. The highest BCUT2D eigenvalue weighted by molar-refractivity contribution is 5.96. The van der Waals surface area contributed by atoms with Gasteiger partial charge in [0, 0.05) is 31.1 Å². The van der Waals surface area contributed by atoms with E-state index in [4.69, 9.17) is 5.73 Å². The van der Waals surface area contributed by atoms with E-state index < -0.39 is 0 Å². The zero-order chi connectivity index (χ0) is 15.5. The summed E-state index contributed by atoms with van der Waals surface area (Å²) in [5, 5.41) is 3.00. The lowest BCUT2D eigenvalue weighted by molar-refractivity contribution is -0.122. The van der Waals surface area contributed by atoms with Crippen molar-refractivity contribution in [1.29, 1.82) is 0 Å². The molecule has 0 spiro atoms. The van der Waals surface area contributed by atoms with Gasteiger partial charge < -0.3 is 16.0 Å². The van der Waals surface area contributed by atoms with E-state index in [0.717, 1.165) is 24.9 Å². The zero-order valence-electron chi connectivity index (χ0n) is 12.7. The summed E-state index contributed by atoms with van der Waals surface area (Å²) in [6.07, 6.45) is 4.02. The van der Waals surface area contributed by atoms with Crippen molar-refractivity contribution in [2.75, 3.05) is 11.4 Å². The number of rotatable bonds is 4. The zero-order valence-corrected chi connectivity index (χ0v) is 12.7. The summed E-state index contributed by atoms with van der Waals surface area (Å²) < 4.78 is 0. The Hall–Kier alpha value is -1.88. The van der Waals surface area contributed by atoms with Crippen LogP contribution in [0.5, 0.6) is 0 Å². The van der Waals surface area contributed by atoms with Gasteiger partial charge >= 0.3 is 0 Å². The highest BCUT2D eigenvalue weighted by atomic mass is 16.2. The van der Waals surface area contributed by atoms with Crippen LogP contribution in [0.3, 0.4) is 0 Å². The predicted octanol–water partition coefficient (Wildman–Crippen LogP) is 1.43. The highest BCUT2D eigenvalue weighted by Crippen LogP contribution is 2.27. The molecule has 5 nitrogen and oxygen atoms in total. The molecule has 1 aromatic carbocycles. The molecule has 0 bridgehead atoms. The minimum absolute atomic E-state index is 0.0232. The van der Waals surface area contributed by atoms with E-state index in [0.29, 0.717) is 25.3 Å². The van der Waals surface area contributed by atoms with Gasteiger partial charge in [0.05, 0.1) is 6.04 Å². The molecule has 1 saturated heterocycles. The molecule has 1 heterocycles. The molecule has 0 aromatic heterocycles. The quantitative estimate of drug-likeness (QED) is 0.883. The van der Waals surface area contributed by atoms with Crippen molar-refractivity contribution in [3.8, 4) is 0 Å². The first-order valence-corrected chi connectivity index (χ1v) is 8.04. The number of hydrogen-bond donors (Lipinski definition) is 2. The summed E-state index contributed by atoms with van der Waals surface area (Å²) in [7, 11) is 0. The van der Waals surface area contributed by atoms with Crippen LogP contribution >= 0.6 is 0 Å². The molecule has 1 aliphatic heterocycles. The Morgan fingerprint density at radius 2 is 2.05 bits per heavy atom. The highest BCUT2D eigenvalue weighted by Gasteiger charge is 2.32. The number of hydrogen-bond acceptors (Lipinski definition) is 3. The topological polar surface area (TPSA) is 75.4 Å². The number of nitrogens with two attached hydrogens (primary N) is 1. The van der Waals surface area contributed by atoms with Gasteiger partial charge in [-0.1, -0.05) is 24.6 Å². The first kappa shape index (κ1) is 15.0. The number of carbonyl (C=O) groups excluding carboxylic acids is 2. The molecule has 3 atom stereocenters. The molecular weight excluding hydrogens is 278 g/mol. The summed E-state index contributed by atoms with van der Waals surface area (Å²) in [5.41, 5.74) is 6.90. The number of nitrogens with one attached hydrogen (secondary N) is 1. The molecule has 1 aliphatic carbocycles. The lowest BCUT2D eigenvalue weighted by Gasteiger charge is -2.19. The summed E-state index contributed by atoms with van der Waals surface area (Å²) >= 11 is 0. The fraction of sp³-hybridized carbons (Fsp3) is 0.529. The molecule has 3 N–H and O–H groups in total. The number of benzene rings is 1. The fourth-order valence-electron chi connectivity index (χ4n) is 3.51. The summed E-state index contributed by atoms with van der Waals surface area (Å²) in [5.74, 6) is 0.381. The average Bonchev–Trinajstić information content (AvgIpc) is 3.06. The van der Waals surface area contributed by atoms with Gasteiger partial charge in [-0.3, -0.25) is 9.59 Å². The Morgan fingerprint density at radius 3 is 2.73 bits per heavy atom. The molecule has 2 amide bonds. The number of anilines is 1. The molecule has 118 valence electrons. The van der Waals surface area contributed by atoms with Crippen LogP contribution in [-0.4, -0.2) is 30.4 Å². The van der Waals surface area contributed by atoms with E-state index in [1.54, 1.807) is 4.90 Å². The van der Waals surface area contributed by atoms with E-state index in [1.165, 1.54) is 0 Å². The van der Waals surface area contributed by atoms with Gasteiger partial charge in [-0.15, -0.1) is 0 Å². The molecule has 1 aromatic rings. The lowest BCUT2D eigenvalue weighted by atomic mass is 9.99. The lowest BCUT2D eigenvalue weighted by Crippen LogP contribution is -2.39. The van der Waals surface area contributed by atoms with Gasteiger partial charge in [0.1, 0.15) is 0 Å². The molecular formula is C17H23N3O2. The summed E-state index contributed by atoms with van der Waals surface area (Å²) in [6, 6.07) is 9.63. The molecule has 2 aliphatic rings. The van der Waals surface area contributed by atoms with Crippen molar-refractivity contribution in [2.45, 2.75) is 44.2 Å². The minimum atomic E-state index is -0.0992. The van der Waals surface area contributed by atoms with Gasteiger partial charge in [-0.25, -0.2) is 0 Å². The molecule has 0 radical (unpaired) electrons. The van der Waals surface area contributed by atoms with Gasteiger partial charge in [0.15, 0.2) is 0 Å². The van der Waals surface area contributed by atoms with Crippen LogP contribution in [-0.2, 0) is 9.59 Å². The van der Waals surface area contributed by atoms with Crippen LogP contribution in [0.15, 0.2) is 30.3 Å². The van der Waals surface area contributed by atoms with E-state index in [9.17, 15) is 9.59 Å². The third-order valence-electron chi connectivity index (χ3n) is 4.72. The predicted molar refractivity (Wildman–Crippen MR) is 85.3 cm³/mol. The van der Waals surface area contributed by atoms with Crippen molar-refractivity contribution < 1.29 is 9.59 Å². The first-order chi connectivity index (χ1) is 10.6. The third kappa shape index (κ3) is 3.30.